The van der Waals surface area contributed by atoms with Crippen molar-refractivity contribution in [2.45, 2.75) is 33.1 Å². The molecule has 0 atom stereocenters. The summed E-state index contributed by atoms with van der Waals surface area (Å²) in [6, 6.07) is 0. The quantitative estimate of drug-likeness (QED) is 0.672. The second kappa shape index (κ2) is 5.58. The molecule has 0 bridgehead atoms. The molecule has 0 unspecified atom stereocenters. The Labute approximate surface area is 86.2 Å². The van der Waals surface area contributed by atoms with Gasteiger partial charge in [-0.2, -0.15) is 0 Å². The first kappa shape index (κ1) is 11.0. The number of aryl methyl sites for hydroxylation is 1. The number of nitrogens with zero attached hydrogens (tertiary/aromatic N) is 3. The summed E-state index contributed by atoms with van der Waals surface area (Å²) in [6.45, 7) is 5.25. The van der Waals surface area contributed by atoms with E-state index in [1.54, 1.807) is 0 Å². The van der Waals surface area contributed by atoms with E-state index in [0.717, 1.165) is 18.1 Å². The smallest absolute Gasteiger partial charge is 0.224 e. The first-order valence-corrected chi connectivity index (χ1v) is 5.24. The Balaban J connectivity index is 2.43. The molecule has 78 valence electrons. The van der Waals surface area contributed by atoms with Crippen LogP contribution in [0.1, 0.15) is 31.7 Å². The van der Waals surface area contributed by atoms with E-state index in [-0.39, 0.29) is 0 Å². The van der Waals surface area contributed by atoms with Gasteiger partial charge in [0.25, 0.3) is 0 Å². The molecule has 1 aromatic heterocycles. The molecule has 1 aromatic rings. The number of hydrogen-bond acceptors (Lipinski definition) is 3. The van der Waals surface area contributed by atoms with E-state index in [9.17, 15) is 0 Å². The third kappa shape index (κ3) is 3.32. The Hall–Kier alpha value is -1.12. The van der Waals surface area contributed by atoms with Crippen LogP contribution in [-0.4, -0.2) is 23.6 Å². The molecule has 1 rings (SSSR count). The van der Waals surface area contributed by atoms with Crippen LogP contribution in [0.25, 0.3) is 0 Å². The van der Waals surface area contributed by atoms with Crippen molar-refractivity contribution in [3.8, 4) is 0 Å². The van der Waals surface area contributed by atoms with Gasteiger partial charge in [-0.1, -0.05) is 19.8 Å². The monoisotopic (exact) mass is 193 g/mol. The van der Waals surface area contributed by atoms with Gasteiger partial charge in [-0.25, -0.2) is 9.97 Å². The predicted molar refractivity (Wildman–Crippen MR) is 59.6 cm³/mol. The molecule has 0 aliphatic rings. The van der Waals surface area contributed by atoms with Gasteiger partial charge in [0.1, 0.15) is 0 Å². The molecule has 3 nitrogen and oxygen atoms in total. The van der Waals surface area contributed by atoms with Crippen LogP contribution in [0.15, 0.2) is 12.4 Å². The van der Waals surface area contributed by atoms with Gasteiger partial charge in [0.15, 0.2) is 0 Å². The molecule has 3 heteroatoms. The van der Waals surface area contributed by atoms with Gasteiger partial charge in [0.2, 0.25) is 5.95 Å². The highest BCUT2D eigenvalue weighted by Gasteiger charge is 2.01. The van der Waals surface area contributed by atoms with Crippen LogP contribution in [0.3, 0.4) is 0 Å². The van der Waals surface area contributed by atoms with E-state index < -0.39 is 0 Å². The molecule has 0 radical (unpaired) electrons. The van der Waals surface area contributed by atoms with E-state index in [0.29, 0.717) is 0 Å². The number of unbranched alkanes of at least 4 members (excludes halogenated alkanes) is 2. The fourth-order valence-corrected chi connectivity index (χ4v) is 1.28. The van der Waals surface area contributed by atoms with Crippen molar-refractivity contribution in [2.75, 3.05) is 18.5 Å². The molecule has 14 heavy (non-hydrogen) atoms. The van der Waals surface area contributed by atoms with Crippen LogP contribution in [-0.2, 0) is 0 Å². The average Bonchev–Trinajstić information content (AvgIpc) is 2.19. The van der Waals surface area contributed by atoms with Gasteiger partial charge in [-0.15, -0.1) is 0 Å². The van der Waals surface area contributed by atoms with Crippen molar-refractivity contribution >= 4 is 5.95 Å². The van der Waals surface area contributed by atoms with Crippen molar-refractivity contribution in [1.82, 2.24) is 9.97 Å². The summed E-state index contributed by atoms with van der Waals surface area (Å²) < 4.78 is 0. The SMILES string of the molecule is CCCCCN(C)c1ncc(C)cn1. The Morgan fingerprint density at radius 2 is 1.86 bits per heavy atom. The second-order valence-electron chi connectivity index (χ2n) is 3.69. The highest BCUT2D eigenvalue weighted by Crippen LogP contribution is 2.06. The third-order valence-corrected chi connectivity index (χ3v) is 2.21. The maximum atomic E-state index is 4.27. The Morgan fingerprint density at radius 1 is 1.21 bits per heavy atom. The molecular weight excluding hydrogens is 174 g/mol. The molecular formula is C11H19N3. The van der Waals surface area contributed by atoms with E-state index in [1.165, 1.54) is 19.3 Å². The number of rotatable bonds is 5. The van der Waals surface area contributed by atoms with Crippen molar-refractivity contribution < 1.29 is 0 Å². The Bertz CT molecular complexity index is 256. The summed E-state index contributed by atoms with van der Waals surface area (Å²) in [6.07, 6.45) is 7.46. The molecule has 1 heterocycles. The highest BCUT2D eigenvalue weighted by molar-refractivity contribution is 5.27. The minimum Gasteiger partial charge on any atom is -0.344 e. The number of anilines is 1. The molecule has 0 spiro atoms. The maximum absolute atomic E-state index is 4.27. The van der Waals surface area contributed by atoms with E-state index in [4.69, 9.17) is 0 Å². The van der Waals surface area contributed by atoms with Crippen LogP contribution >= 0.6 is 0 Å². The van der Waals surface area contributed by atoms with Crippen molar-refractivity contribution in [3.05, 3.63) is 18.0 Å². The van der Waals surface area contributed by atoms with Crippen molar-refractivity contribution in [1.29, 1.82) is 0 Å². The Morgan fingerprint density at radius 3 is 2.43 bits per heavy atom. The molecule has 0 saturated heterocycles. The first-order valence-electron chi connectivity index (χ1n) is 5.24. The molecule has 0 aliphatic carbocycles. The van der Waals surface area contributed by atoms with Crippen molar-refractivity contribution in [2.24, 2.45) is 0 Å². The zero-order valence-corrected chi connectivity index (χ0v) is 9.32. The maximum Gasteiger partial charge on any atom is 0.224 e. The lowest BCUT2D eigenvalue weighted by Crippen LogP contribution is -2.20. The zero-order chi connectivity index (χ0) is 10.4. The van der Waals surface area contributed by atoms with E-state index in [1.807, 2.05) is 26.4 Å². The van der Waals surface area contributed by atoms with Gasteiger partial charge in [-0.3, -0.25) is 0 Å². The average molecular weight is 193 g/mol. The van der Waals surface area contributed by atoms with Crippen LogP contribution in [0.2, 0.25) is 0 Å². The van der Waals surface area contributed by atoms with Crippen molar-refractivity contribution in [3.63, 3.8) is 0 Å². The molecule has 0 aliphatic heterocycles. The van der Waals surface area contributed by atoms with Crippen LogP contribution in [0.4, 0.5) is 5.95 Å². The standard InChI is InChI=1S/C11H19N3/c1-4-5-6-7-14(3)11-12-8-10(2)9-13-11/h8-9H,4-7H2,1-3H3. The van der Waals surface area contributed by atoms with Gasteiger partial charge >= 0.3 is 0 Å². The fourth-order valence-electron chi connectivity index (χ4n) is 1.28. The number of aromatic nitrogens is 2. The molecule has 0 N–H and O–H groups in total. The first-order chi connectivity index (χ1) is 6.74. The summed E-state index contributed by atoms with van der Waals surface area (Å²) in [5, 5.41) is 0. The third-order valence-electron chi connectivity index (χ3n) is 2.21. The fraction of sp³-hybridized carbons (Fsp3) is 0.636. The lowest BCUT2D eigenvalue weighted by molar-refractivity contribution is 0.696. The normalized spacial score (nSPS) is 10.2. The lowest BCUT2D eigenvalue weighted by atomic mass is 10.2. The van der Waals surface area contributed by atoms with Crippen LogP contribution in [0.5, 0.6) is 0 Å². The summed E-state index contributed by atoms with van der Waals surface area (Å²) in [5.74, 6) is 0.826. The summed E-state index contributed by atoms with van der Waals surface area (Å²) in [7, 11) is 2.04. The van der Waals surface area contributed by atoms with Gasteiger partial charge in [-0.05, 0) is 18.9 Å². The summed E-state index contributed by atoms with van der Waals surface area (Å²) >= 11 is 0. The minimum absolute atomic E-state index is 0.826. The van der Waals surface area contributed by atoms with Gasteiger partial charge in [0.05, 0.1) is 0 Å². The van der Waals surface area contributed by atoms with Gasteiger partial charge < -0.3 is 4.90 Å². The molecule has 0 amide bonds. The molecule has 0 aromatic carbocycles. The topological polar surface area (TPSA) is 29.0 Å². The van der Waals surface area contributed by atoms with E-state index in [2.05, 4.69) is 21.8 Å². The summed E-state index contributed by atoms with van der Waals surface area (Å²) in [5.41, 5.74) is 1.11. The largest absolute Gasteiger partial charge is 0.344 e. The number of hydrogen-bond donors (Lipinski definition) is 0. The second-order valence-corrected chi connectivity index (χ2v) is 3.69. The Kier molecular flexibility index (Phi) is 4.36. The molecule has 0 fully saturated rings. The summed E-state index contributed by atoms with van der Waals surface area (Å²) in [4.78, 5) is 10.6. The predicted octanol–water partition coefficient (Wildman–Crippen LogP) is 2.41. The zero-order valence-electron chi connectivity index (χ0n) is 9.32. The lowest BCUT2D eigenvalue weighted by Gasteiger charge is -2.16. The highest BCUT2D eigenvalue weighted by atomic mass is 15.2. The van der Waals surface area contributed by atoms with Crippen LogP contribution < -0.4 is 4.90 Å². The van der Waals surface area contributed by atoms with E-state index >= 15 is 0 Å². The molecule has 0 saturated carbocycles. The van der Waals surface area contributed by atoms with Crippen LogP contribution in [0, 0.1) is 6.92 Å². The minimum atomic E-state index is 0.826. The van der Waals surface area contributed by atoms with Gasteiger partial charge in [0, 0.05) is 26.0 Å².